The van der Waals surface area contributed by atoms with E-state index in [-0.39, 0.29) is 6.10 Å². The molecule has 0 saturated heterocycles. The lowest BCUT2D eigenvalue weighted by molar-refractivity contribution is 0.245. The lowest BCUT2D eigenvalue weighted by Crippen LogP contribution is -1.90. The Kier molecular flexibility index (Phi) is 3.50. The maximum Gasteiger partial charge on any atom is 0.0696 e. The fourth-order valence-electron chi connectivity index (χ4n) is 0.824. The van der Waals surface area contributed by atoms with Crippen molar-refractivity contribution in [2.45, 2.75) is 13.0 Å². The number of aliphatic hydroxyl groups is 1. The van der Waals surface area contributed by atoms with Crippen LogP contribution < -0.4 is 0 Å². The SMILES string of the molecule is CC(O)C=Cc1ccc(Br)cc1. The standard InChI is InChI=1S/C10H11BrO/c1-8(12)2-3-9-4-6-10(11)7-5-9/h2-8,12H,1H3. The molecule has 64 valence electrons. The predicted molar refractivity (Wildman–Crippen MR) is 54.9 cm³/mol. The fraction of sp³-hybridized carbons (Fsp3) is 0.200. The van der Waals surface area contributed by atoms with E-state index < -0.39 is 0 Å². The second-order valence-corrected chi connectivity index (χ2v) is 3.57. The normalized spacial score (nSPS) is 13.6. The summed E-state index contributed by atoms with van der Waals surface area (Å²) in [6.45, 7) is 1.73. The molecule has 1 aromatic carbocycles. The molecule has 1 rings (SSSR count). The average molecular weight is 227 g/mol. The van der Waals surface area contributed by atoms with Crippen molar-refractivity contribution in [1.29, 1.82) is 0 Å². The molecule has 0 amide bonds. The zero-order chi connectivity index (χ0) is 8.97. The highest BCUT2D eigenvalue weighted by atomic mass is 79.9. The Balaban J connectivity index is 2.71. The molecule has 0 heterocycles. The van der Waals surface area contributed by atoms with Crippen molar-refractivity contribution in [3.05, 3.63) is 40.4 Å². The average Bonchev–Trinajstić information content (AvgIpc) is 2.03. The van der Waals surface area contributed by atoms with Gasteiger partial charge in [-0.2, -0.15) is 0 Å². The summed E-state index contributed by atoms with van der Waals surface area (Å²) in [5.41, 5.74) is 1.10. The third kappa shape index (κ3) is 3.20. The molecule has 0 aliphatic carbocycles. The Morgan fingerprint density at radius 2 is 1.92 bits per heavy atom. The van der Waals surface area contributed by atoms with Crippen molar-refractivity contribution >= 4 is 22.0 Å². The quantitative estimate of drug-likeness (QED) is 0.823. The van der Waals surface area contributed by atoms with Gasteiger partial charge in [0, 0.05) is 4.47 Å². The van der Waals surface area contributed by atoms with Gasteiger partial charge in [0.05, 0.1) is 6.10 Å². The highest BCUT2D eigenvalue weighted by Gasteiger charge is 1.88. The van der Waals surface area contributed by atoms with E-state index in [4.69, 9.17) is 5.11 Å². The largest absolute Gasteiger partial charge is 0.389 e. The summed E-state index contributed by atoms with van der Waals surface area (Å²) in [5, 5.41) is 8.97. The molecule has 0 radical (unpaired) electrons. The molecule has 0 bridgehead atoms. The van der Waals surface area contributed by atoms with Gasteiger partial charge in [-0.25, -0.2) is 0 Å². The van der Waals surface area contributed by atoms with Crippen LogP contribution in [0.4, 0.5) is 0 Å². The predicted octanol–water partition coefficient (Wildman–Crippen LogP) is 2.84. The Labute approximate surface area is 80.9 Å². The van der Waals surface area contributed by atoms with Gasteiger partial charge >= 0.3 is 0 Å². The number of hydrogen-bond donors (Lipinski definition) is 1. The Morgan fingerprint density at radius 1 is 1.33 bits per heavy atom. The molecule has 0 aliphatic rings. The van der Waals surface area contributed by atoms with Crippen LogP contribution in [-0.4, -0.2) is 11.2 Å². The number of benzene rings is 1. The minimum Gasteiger partial charge on any atom is -0.389 e. The van der Waals surface area contributed by atoms with Crippen molar-refractivity contribution in [1.82, 2.24) is 0 Å². The lowest BCUT2D eigenvalue weighted by Gasteiger charge is -1.95. The molecule has 1 unspecified atom stereocenters. The maximum atomic E-state index is 8.97. The summed E-state index contributed by atoms with van der Waals surface area (Å²) in [5.74, 6) is 0. The van der Waals surface area contributed by atoms with E-state index in [0.29, 0.717) is 0 Å². The third-order valence-corrected chi connectivity index (χ3v) is 1.97. The molecular weight excluding hydrogens is 216 g/mol. The number of rotatable bonds is 2. The van der Waals surface area contributed by atoms with E-state index in [1.54, 1.807) is 13.0 Å². The van der Waals surface area contributed by atoms with Crippen LogP contribution in [0.1, 0.15) is 12.5 Å². The van der Waals surface area contributed by atoms with Gasteiger partial charge in [0.2, 0.25) is 0 Å². The van der Waals surface area contributed by atoms with Crippen LogP contribution in [0.2, 0.25) is 0 Å². The molecular formula is C10H11BrO. The van der Waals surface area contributed by atoms with E-state index >= 15 is 0 Å². The molecule has 1 nitrogen and oxygen atoms in total. The summed E-state index contributed by atoms with van der Waals surface area (Å²) in [6, 6.07) is 7.93. The molecule has 2 heteroatoms. The monoisotopic (exact) mass is 226 g/mol. The summed E-state index contributed by atoms with van der Waals surface area (Å²) in [4.78, 5) is 0. The van der Waals surface area contributed by atoms with Crippen LogP contribution in [0.5, 0.6) is 0 Å². The topological polar surface area (TPSA) is 20.2 Å². The molecule has 1 aromatic rings. The van der Waals surface area contributed by atoms with Gasteiger partial charge in [0.1, 0.15) is 0 Å². The number of halogens is 1. The zero-order valence-corrected chi connectivity index (χ0v) is 8.45. The summed E-state index contributed by atoms with van der Waals surface area (Å²) < 4.78 is 1.07. The van der Waals surface area contributed by atoms with Gasteiger partial charge < -0.3 is 5.11 Å². The molecule has 12 heavy (non-hydrogen) atoms. The van der Waals surface area contributed by atoms with Crippen LogP contribution in [0.25, 0.3) is 6.08 Å². The smallest absolute Gasteiger partial charge is 0.0696 e. The van der Waals surface area contributed by atoms with Crippen molar-refractivity contribution < 1.29 is 5.11 Å². The highest BCUT2D eigenvalue weighted by molar-refractivity contribution is 9.10. The van der Waals surface area contributed by atoms with Crippen LogP contribution in [0, 0.1) is 0 Å². The van der Waals surface area contributed by atoms with Gasteiger partial charge in [0.25, 0.3) is 0 Å². The van der Waals surface area contributed by atoms with Crippen molar-refractivity contribution in [2.24, 2.45) is 0 Å². The molecule has 0 aliphatic heterocycles. The third-order valence-electron chi connectivity index (χ3n) is 1.44. The maximum absolute atomic E-state index is 8.97. The van der Waals surface area contributed by atoms with Crippen molar-refractivity contribution in [3.8, 4) is 0 Å². The van der Waals surface area contributed by atoms with Gasteiger partial charge in [-0.3, -0.25) is 0 Å². The first-order chi connectivity index (χ1) is 5.68. The van der Waals surface area contributed by atoms with Crippen molar-refractivity contribution in [3.63, 3.8) is 0 Å². The minimum absolute atomic E-state index is 0.381. The lowest BCUT2D eigenvalue weighted by atomic mass is 10.2. The van der Waals surface area contributed by atoms with Gasteiger partial charge in [0.15, 0.2) is 0 Å². The molecule has 1 atom stereocenters. The molecule has 0 fully saturated rings. The van der Waals surface area contributed by atoms with Crippen LogP contribution >= 0.6 is 15.9 Å². The summed E-state index contributed by atoms with van der Waals surface area (Å²) in [6.07, 6.45) is 3.27. The van der Waals surface area contributed by atoms with Gasteiger partial charge in [-0.15, -0.1) is 0 Å². The van der Waals surface area contributed by atoms with E-state index in [1.807, 2.05) is 30.3 Å². The molecule has 1 N–H and O–H groups in total. The number of aliphatic hydroxyl groups excluding tert-OH is 1. The molecule has 0 spiro atoms. The Bertz CT molecular complexity index is 262. The van der Waals surface area contributed by atoms with Crippen LogP contribution in [0.15, 0.2) is 34.8 Å². The van der Waals surface area contributed by atoms with E-state index in [9.17, 15) is 0 Å². The van der Waals surface area contributed by atoms with E-state index in [0.717, 1.165) is 10.0 Å². The molecule has 0 saturated carbocycles. The summed E-state index contributed by atoms with van der Waals surface area (Å²) in [7, 11) is 0. The summed E-state index contributed by atoms with van der Waals surface area (Å²) >= 11 is 3.35. The van der Waals surface area contributed by atoms with Crippen LogP contribution in [0.3, 0.4) is 0 Å². The Hall–Kier alpha value is -0.600. The second-order valence-electron chi connectivity index (χ2n) is 2.65. The zero-order valence-electron chi connectivity index (χ0n) is 6.87. The van der Waals surface area contributed by atoms with Crippen LogP contribution in [-0.2, 0) is 0 Å². The van der Waals surface area contributed by atoms with Gasteiger partial charge in [-0.1, -0.05) is 40.2 Å². The van der Waals surface area contributed by atoms with Crippen molar-refractivity contribution in [2.75, 3.05) is 0 Å². The van der Waals surface area contributed by atoms with E-state index in [1.165, 1.54) is 0 Å². The fourth-order valence-corrected chi connectivity index (χ4v) is 1.09. The highest BCUT2D eigenvalue weighted by Crippen LogP contribution is 2.11. The molecule has 0 aromatic heterocycles. The first kappa shape index (κ1) is 9.49. The Morgan fingerprint density at radius 3 is 2.42 bits per heavy atom. The first-order valence-electron chi connectivity index (χ1n) is 3.80. The second kappa shape index (κ2) is 4.43. The number of hydrogen-bond acceptors (Lipinski definition) is 1. The van der Waals surface area contributed by atoms with Gasteiger partial charge in [-0.05, 0) is 24.6 Å². The minimum atomic E-state index is -0.381. The first-order valence-corrected chi connectivity index (χ1v) is 4.59. The van der Waals surface area contributed by atoms with E-state index in [2.05, 4.69) is 15.9 Å².